The van der Waals surface area contributed by atoms with E-state index in [-0.39, 0.29) is 22.5 Å². The second kappa shape index (κ2) is 12.7. The van der Waals surface area contributed by atoms with Gasteiger partial charge in [-0.3, -0.25) is 19.8 Å². The molecule has 12 nitrogen and oxygen atoms in total. The Balaban J connectivity index is 1.25. The summed E-state index contributed by atoms with van der Waals surface area (Å²) in [6, 6.07) is 29.4. The first kappa shape index (κ1) is 29.8. The number of azo groups is 2. The highest BCUT2D eigenvalue weighted by Gasteiger charge is 2.15. The summed E-state index contributed by atoms with van der Waals surface area (Å²) in [7, 11) is 3.09. The van der Waals surface area contributed by atoms with Crippen molar-refractivity contribution < 1.29 is 9.47 Å². The van der Waals surface area contributed by atoms with E-state index in [0.717, 1.165) is 11.1 Å². The van der Waals surface area contributed by atoms with Crippen LogP contribution in [0.1, 0.15) is 11.4 Å². The van der Waals surface area contributed by atoms with Gasteiger partial charge in [-0.05, 0) is 73.5 Å². The Morgan fingerprint density at radius 1 is 0.543 bits per heavy atom. The van der Waals surface area contributed by atoms with Crippen molar-refractivity contribution in [1.82, 2.24) is 19.6 Å². The fourth-order valence-electron chi connectivity index (χ4n) is 4.92. The molecule has 0 radical (unpaired) electrons. The Morgan fingerprint density at radius 2 is 0.935 bits per heavy atom. The fraction of sp³-hybridized carbons (Fsp3) is 0.118. The lowest BCUT2D eigenvalue weighted by atomic mass is 10.0. The third-order valence-corrected chi connectivity index (χ3v) is 7.32. The lowest BCUT2D eigenvalue weighted by Crippen LogP contribution is -2.13. The average molecular weight is 615 g/mol. The van der Waals surface area contributed by atoms with Crippen LogP contribution in [0, 0.1) is 13.8 Å². The van der Waals surface area contributed by atoms with Gasteiger partial charge in [0.2, 0.25) is 0 Å². The molecule has 0 bridgehead atoms. The number of rotatable bonds is 9. The quantitative estimate of drug-likeness (QED) is 0.160. The first-order valence-electron chi connectivity index (χ1n) is 14.3. The smallest absolute Gasteiger partial charge is 0.299 e. The molecule has 0 spiro atoms. The molecule has 6 rings (SSSR count). The first-order valence-corrected chi connectivity index (χ1v) is 14.3. The predicted molar refractivity (Wildman–Crippen MR) is 176 cm³/mol. The molecule has 0 aliphatic rings. The monoisotopic (exact) mass is 614 g/mol. The van der Waals surface area contributed by atoms with Gasteiger partial charge in [-0.15, -0.1) is 20.5 Å². The number of aryl methyl sites for hydroxylation is 2. The molecule has 2 heterocycles. The van der Waals surface area contributed by atoms with Crippen molar-refractivity contribution >= 4 is 22.7 Å². The van der Waals surface area contributed by atoms with Crippen LogP contribution in [-0.4, -0.2) is 33.8 Å². The number of hydrogen-bond acceptors (Lipinski definition) is 8. The van der Waals surface area contributed by atoms with Crippen molar-refractivity contribution in [2.45, 2.75) is 13.8 Å². The highest BCUT2D eigenvalue weighted by atomic mass is 16.5. The number of aromatic amines is 2. The second-order valence-electron chi connectivity index (χ2n) is 10.3. The van der Waals surface area contributed by atoms with Gasteiger partial charge in [-0.2, -0.15) is 0 Å². The Bertz CT molecular complexity index is 2040. The van der Waals surface area contributed by atoms with E-state index in [1.54, 1.807) is 40.2 Å². The summed E-state index contributed by atoms with van der Waals surface area (Å²) in [5.41, 5.74) is 4.95. The maximum atomic E-state index is 13.0. The number of nitrogens with one attached hydrogen (secondary N) is 2. The number of nitrogens with zero attached hydrogens (tertiary/aromatic N) is 6. The Labute approximate surface area is 263 Å². The van der Waals surface area contributed by atoms with Gasteiger partial charge in [0.15, 0.2) is 11.4 Å². The summed E-state index contributed by atoms with van der Waals surface area (Å²) in [5.74, 6) is 0.941. The number of methoxy groups -OCH3 is 2. The lowest BCUT2D eigenvalue weighted by molar-refractivity contribution is 0.415. The van der Waals surface area contributed by atoms with Crippen LogP contribution in [0.25, 0.3) is 22.5 Å². The molecule has 12 heteroatoms. The highest BCUT2D eigenvalue weighted by Crippen LogP contribution is 2.38. The SMILES string of the molecule is COc1cc(-c2ccc(N=Nc3c(C)[nH]n(-c4ccccc4)c3=O)c(OC)c2)ccc1N=Nc1c(C)[nH]n(-c2ccccc2)c1=O. The van der Waals surface area contributed by atoms with Crippen LogP contribution in [0.15, 0.2) is 127 Å². The normalized spacial score (nSPS) is 11.5. The lowest BCUT2D eigenvalue weighted by Gasteiger charge is -2.10. The minimum atomic E-state index is -0.305. The van der Waals surface area contributed by atoms with E-state index in [0.29, 0.717) is 45.6 Å². The standard InChI is InChI=1S/C34H30N8O4/c1-21-31(33(43)41(39-21)25-11-7-5-8-12-25)37-35-27-17-15-23(19-29(27)45-3)24-16-18-28(30(20-24)46-4)36-38-32-22(2)40-42(34(32)44)26-13-9-6-10-14-26/h5-20,39-40H,1-4H3. The van der Waals surface area contributed by atoms with Crippen LogP contribution in [0.4, 0.5) is 22.7 Å². The third kappa shape index (κ3) is 5.78. The fourth-order valence-corrected chi connectivity index (χ4v) is 4.92. The van der Waals surface area contributed by atoms with Gasteiger partial charge in [0.25, 0.3) is 11.1 Å². The predicted octanol–water partition coefficient (Wildman–Crippen LogP) is 7.78. The molecule has 46 heavy (non-hydrogen) atoms. The Hall–Kier alpha value is -6.30. The van der Waals surface area contributed by atoms with Crippen LogP contribution < -0.4 is 20.6 Å². The summed E-state index contributed by atoms with van der Waals surface area (Å²) < 4.78 is 14.1. The molecular weight excluding hydrogens is 584 g/mol. The molecule has 2 aromatic heterocycles. The van der Waals surface area contributed by atoms with Gasteiger partial charge in [0.05, 0.1) is 37.0 Å². The molecule has 6 aromatic rings. The highest BCUT2D eigenvalue weighted by molar-refractivity contribution is 5.73. The molecule has 0 atom stereocenters. The van der Waals surface area contributed by atoms with Crippen molar-refractivity contribution in [3.05, 3.63) is 129 Å². The van der Waals surface area contributed by atoms with E-state index in [9.17, 15) is 9.59 Å². The topological polar surface area (TPSA) is 143 Å². The first-order chi connectivity index (χ1) is 22.4. The molecule has 0 amide bonds. The minimum Gasteiger partial charge on any atom is -0.494 e. The van der Waals surface area contributed by atoms with Gasteiger partial charge in [-0.1, -0.05) is 48.5 Å². The molecule has 0 saturated heterocycles. The van der Waals surface area contributed by atoms with Crippen LogP contribution >= 0.6 is 0 Å². The minimum absolute atomic E-state index is 0.207. The van der Waals surface area contributed by atoms with E-state index < -0.39 is 0 Å². The largest absolute Gasteiger partial charge is 0.494 e. The summed E-state index contributed by atoms with van der Waals surface area (Å²) in [6.07, 6.45) is 0. The zero-order chi connectivity index (χ0) is 32.2. The molecule has 2 N–H and O–H groups in total. The van der Waals surface area contributed by atoms with Gasteiger partial charge >= 0.3 is 0 Å². The van der Waals surface area contributed by atoms with Crippen LogP contribution in [0.3, 0.4) is 0 Å². The van der Waals surface area contributed by atoms with Crippen molar-refractivity contribution in [3.63, 3.8) is 0 Å². The Morgan fingerprint density at radius 3 is 1.30 bits per heavy atom. The van der Waals surface area contributed by atoms with Gasteiger partial charge < -0.3 is 9.47 Å². The second-order valence-corrected chi connectivity index (χ2v) is 10.3. The summed E-state index contributed by atoms with van der Waals surface area (Å²) >= 11 is 0. The van der Waals surface area contributed by atoms with Gasteiger partial charge in [-0.25, -0.2) is 9.36 Å². The number of para-hydroxylation sites is 2. The van der Waals surface area contributed by atoms with Crippen LogP contribution in [0.2, 0.25) is 0 Å². The molecule has 0 aliphatic carbocycles. The third-order valence-electron chi connectivity index (χ3n) is 7.32. The summed E-state index contributed by atoms with van der Waals surface area (Å²) in [6.45, 7) is 3.54. The van der Waals surface area contributed by atoms with Crippen molar-refractivity contribution in [3.8, 4) is 34.0 Å². The number of aromatic nitrogens is 4. The van der Waals surface area contributed by atoms with E-state index >= 15 is 0 Å². The van der Waals surface area contributed by atoms with Crippen LogP contribution in [-0.2, 0) is 0 Å². The number of hydrogen-bond donors (Lipinski definition) is 2. The molecule has 230 valence electrons. The van der Waals surface area contributed by atoms with Crippen molar-refractivity contribution in [2.24, 2.45) is 20.5 Å². The van der Waals surface area contributed by atoms with E-state index in [1.807, 2.05) is 84.9 Å². The molecule has 0 saturated carbocycles. The average Bonchev–Trinajstić information content (AvgIpc) is 3.55. The van der Waals surface area contributed by atoms with Crippen molar-refractivity contribution in [1.29, 1.82) is 0 Å². The van der Waals surface area contributed by atoms with Crippen LogP contribution in [0.5, 0.6) is 11.5 Å². The molecule has 0 fully saturated rings. The van der Waals surface area contributed by atoms with E-state index in [4.69, 9.17) is 9.47 Å². The molecule has 4 aromatic carbocycles. The molecule has 0 aliphatic heterocycles. The number of ether oxygens (including phenoxy) is 2. The molecular formula is C34H30N8O4. The Kier molecular flexibility index (Phi) is 8.24. The van der Waals surface area contributed by atoms with Gasteiger partial charge in [0, 0.05) is 0 Å². The summed E-state index contributed by atoms with van der Waals surface area (Å²) in [4.78, 5) is 26.0. The maximum absolute atomic E-state index is 13.0. The zero-order valence-corrected chi connectivity index (χ0v) is 25.6. The number of H-pyrrole nitrogens is 2. The zero-order valence-electron chi connectivity index (χ0n) is 25.6. The van der Waals surface area contributed by atoms with E-state index in [2.05, 4.69) is 30.7 Å². The summed E-state index contributed by atoms with van der Waals surface area (Å²) in [5, 5.41) is 23.3. The van der Waals surface area contributed by atoms with Crippen molar-refractivity contribution in [2.75, 3.05) is 14.2 Å². The maximum Gasteiger partial charge on any atom is 0.299 e. The van der Waals surface area contributed by atoms with E-state index in [1.165, 1.54) is 9.36 Å². The molecule has 0 unspecified atom stereocenters. The van der Waals surface area contributed by atoms with Gasteiger partial charge in [0.1, 0.15) is 22.9 Å². The number of benzene rings is 4.